The molecule has 1 amide bonds. The highest BCUT2D eigenvalue weighted by Crippen LogP contribution is 2.25. The number of imidazole rings is 1. The molecule has 7 nitrogen and oxygen atoms in total. The number of aromatic amines is 1. The largest absolute Gasteiger partial charge is 0.340 e. The summed E-state index contributed by atoms with van der Waals surface area (Å²) < 4.78 is 1.37. The van der Waals surface area contributed by atoms with Gasteiger partial charge in [-0.2, -0.15) is 5.10 Å². The van der Waals surface area contributed by atoms with Crippen LogP contribution in [0.1, 0.15) is 62.5 Å². The predicted molar refractivity (Wildman–Crippen MR) is 122 cm³/mol. The molecular weight excluding hydrogens is 390 g/mol. The number of carbonyl (C=O) groups is 1. The van der Waals surface area contributed by atoms with Crippen molar-refractivity contribution in [3.63, 3.8) is 0 Å². The molecule has 0 radical (unpaired) electrons. The normalized spacial score (nSPS) is 13.6. The van der Waals surface area contributed by atoms with Gasteiger partial charge in [0.15, 0.2) is 5.69 Å². The van der Waals surface area contributed by atoms with Crippen LogP contribution in [0, 0.1) is 5.92 Å². The molecule has 0 spiro atoms. The molecule has 2 unspecified atom stereocenters. The van der Waals surface area contributed by atoms with Crippen molar-refractivity contribution < 1.29 is 4.79 Å². The van der Waals surface area contributed by atoms with E-state index in [4.69, 9.17) is 4.98 Å². The first-order valence-electron chi connectivity index (χ1n) is 10.7. The monoisotopic (exact) mass is 417 g/mol. The highest BCUT2D eigenvalue weighted by atomic mass is 16.2. The van der Waals surface area contributed by atoms with E-state index in [0.29, 0.717) is 16.6 Å². The molecule has 4 aromatic rings. The fourth-order valence-electron chi connectivity index (χ4n) is 3.77. The molecule has 0 bridgehead atoms. The summed E-state index contributed by atoms with van der Waals surface area (Å²) in [5.74, 6) is 0.536. The Kier molecular flexibility index (Phi) is 5.59. The molecule has 2 aromatic heterocycles. The lowest BCUT2D eigenvalue weighted by Crippen LogP contribution is -2.36. The highest BCUT2D eigenvalue weighted by Gasteiger charge is 2.26. The maximum atomic E-state index is 13.4. The van der Waals surface area contributed by atoms with Gasteiger partial charge in [0.1, 0.15) is 5.82 Å². The Balaban J connectivity index is 1.78. The zero-order valence-corrected chi connectivity index (χ0v) is 18.2. The summed E-state index contributed by atoms with van der Waals surface area (Å²) in [6.07, 6.45) is 0.863. The third-order valence-electron chi connectivity index (χ3n) is 5.73. The second-order valence-electron chi connectivity index (χ2n) is 8.21. The van der Waals surface area contributed by atoms with E-state index in [1.54, 1.807) is 18.2 Å². The van der Waals surface area contributed by atoms with Crippen molar-refractivity contribution in [1.29, 1.82) is 0 Å². The van der Waals surface area contributed by atoms with Gasteiger partial charge in [0, 0.05) is 5.39 Å². The van der Waals surface area contributed by atoms with Crippen LogP contribution < -0.4 is 10.9 Å². The van der Waals surface area contributed by atoms with Crippen molar-refractivity contribution >= 4 is 27.7 Å². The molecule has 0 aliphatic rings. The summed E-state index contributed by atoms with van der Waals surface area (Å²) in [5.41, 5.74) is 1.83. The molecule has 0 fully saturated rings. The van der Waals surface area contributed by atoms with Crippen LogP contribution in [-0.4, -0.2) is 25.7 Å². The van der Waals surface area contributed by atoms with Gasteiger partial charge in [-0.15, -0.1) is 0 Å². The first-order chi connectivity index (χ1) is 14.9. The number of carbonyl (C=O) groups excluding carboxylic acids is 1. The van der Waals surface area contributed by atoms with Crippen molar-refractivity contribution in [2.24, 2.45) is 5.92 Å². The average Bonchev–Trinajstić information content (AvgIpc) is 3.21. The van der Waals surface area contributed by atoms with E-state index in [-0.39, 0.29) is 35.2 Å². The maximum absolute atomic E-state index is 13.4. The summed E-state index contributed by atoms with van der Waals surface area (Å²) in [6, 6.07) is 14.4. The van der Waals surface area contributed by atoms with Crippen molar-refractivity contribution in [2.45, 2.75) is 46.2 Å². The molecule has 0 saturated carbocycles. The van der Waals surface area contributed by atoms with E-state index in [0.717, 1.165) is 17.5 Å². The second-order valence-corrected chi connectivity index (χ2v) is 8.21. The minimum Gasteiger partial charge on any atom is -0.340 e. The van der Waals surface area contributed by atoms with Gasteiger partial charge in [0.2, 0.25) is 0 Å². The molecular formula is C24H27N5O2. The van der Waals surface area contributed by atoms with E-state index < -0.39 is 0 Å². The fraction of sp³-hybridized carbons (Fsp3) is 0.333. The molecule has 2 atom stereocenters. The summed E-state index contributed by atoms with van der Waals surface area (Å²) in [6.45, 7) is 7.92. The van der Waals surface area contributed by atoms with Crippen molar-refractivity contribution in [2.75, 3.05) is 0 Å². The van der Waals surface area contributed by atoms with Crippen molar-refractivity contribution in [3.8, 4) is 0 Å². The quantitative estimate of drug-likeness (QED) is 0.487. The number of aromatic nitrogens is 4. The van der Waals surface area contributed by atoms with Gasteiger partial charge in [-0.05, 0) is 38.0 Å². The molecule has 7 heteroatoms. The van der Waals surface area contributed by atoms with Gasteiger partial charge >= 0.3 is 0 Å². The third-order valence-corrected chi connectivity index (χ3v) is 5.73. The van der Waals surface area contributed by atoms with Crippen LogP contribution in [0.4, 0.5) is 0 Å². The minimum atomic E-state index is -0.323. The Morgan fingerprint density at radius 2 is 1.74 bits per heavy atom. The van der Waals surface area contributed by atoms with Gasteiger partial charge in [0.25, 0.3) is 11.5 Å². The third kappa shape index (κ3) is 3.83. The van der Waals surface area contributed by atoms with E-state index in [2.05, 4.69) is 29.2 Å². The topological polar surface area (TPSA) is 92.7 Å². The SMILES string of the molecule is CCC(C)C(NC(=O)c1nn(C(C)C)c(=O)c2ccccc12)c1nc2ccccc2[nH]1. The number of H-pyrrole nitrogens is 1. The summed E-state index contributed by atoms with van der Waals surface area (Å²) in [4.78, 5) is 34.3. The molecule has 2 heterocycles. The van der Waals surface area contributed by atoms with Crippen LogP contribution in [0.25, 0.3) is 21.8 Å². The van der Waals surface area contributed by atoms with Crippen LogP contribution in [0.2, 0.25) is 0 Å². The number of nitrogens with one attached hydrogen (secondary N) is 2. The molecule has 4 rings (SSSR count). The molecule has 2 aromatic carbocycles. The minimum absolute atomic E-state index is 0.145. The zero-order chi connectivity index (χ0) is 22.1. The smallest absolute Gasteiger partial charge is 0.274 e. The maximum Gasteiger partial charge on any atom is 0.274 e. The van der Waals surface area contributed by atoms with Gasteiger partial charge in [-0.25, -0.2) is 9.67 Å². The van der Waals surface area contributed by atoms with Crippen molar-refractivity contribution in [1.82, 2.24) is 25.1 Å². The lowest BCUT2D eigenvalue weighted by atomic mass is 9.98. The highest BCUT2D eigenvalue weighted by molar-refractivity contribution is 6.04. The number of rotatable bonds is 6. The second kappa shape index (κ2) is 8.34. The number of para-hydroxylation sites is 2. The standard InChI is InChI=1S/C24H27N5O2/c1-5-15(4)20(22-25-18-12-8-9-13-19(18)26-22)27-23(30)21-16-10-6-7-11-17(16)24(31)29(28-21)14(2)3/h6-15,20H,5H2,1-4H3,(H,25,26)(H,27,30). The molecule has 0 aliphatic heterocycles. The first kappa shape index (κ1) is 20.8. The number of amides is 1. The zero-order valence-electron chi connectivity index (χ0n) is 18.2. The Morgan fingerprint density at radius 1 is 1.06 bits per heavy atom. The van der Waals surface area contributed by atoms with Gasteiger partial charge in [0.05, 0.1) is 28.5 Å². The Labute approximate surface area is 180 Å². The lowest BCUT2D eigenvalue weighted by Gasteiger charge is -2.23. The molecule has 0 aliphatic carbocycles. The van der Waals surface area contributed by atoms with E-state index in [1.807, 2.05) is 44.2 Å². The van der Waals surface area contributed by atoms with Crippen LogP contribution in [0.5, 0.6) is 0 Å². The van der Waals surface area contributed by atoms with E-state index in [1.165, 1.54) is 4.68 Å². The fourth-order valence-corrected chi connectivity index (χ4v) is 3.77. The predicted octanol–water partition coefficient (Wildman–Crippen LogP) is 4.37. The number of hydrogen-bond donors (Lipinski definition) is 2. The van der Waals surface area contributed by atoms with E-state index >= 15 is 0 Å². The average molecular weight is 418 g/mol. The number of hydrogen-bond acceptors (Lipinski definition) is 4. The Hall–Kier alpha value is -3.48. The molecule has 2 N–H and O–H groups in total. The van der Waals surface area contributed by atoms with Gasteiger partial charge in [-0.3, -0.25) is 9.59 Å². The summed E-state index contributed by atoms with van der Waals surface area (Å²) in [7, 11) is 0. The van der Waals surface area contributed by atoms with Crippen molar-refractivity contribution in [3.05, 3.63) is 70.4 Å². The Bertz CT molecular complexity index is 1270. The Morgan fingerprint density at radius 3 is 2.42 bits per heavy atom. The molecule has 0 saturated heterocycles. The first-order valence-corrected chi connectivity index (χ1v) is 10.7. The number of benzene rings is 2. The molecule has 31 heavy (non-hydrogen) atoms. The number of nitrogens with zero attached hydrogens (tertiary/aromatic N) is 3. The number of fused-ring (bicyclic) bond motifs is 2. The van der Waals surface area contributed by atoms with Gasteiger partial charge in [-0.1, -0.05) is 50.6 Å². The lowest BCUT2D eigenvalue weighted by molar-refractivity contribution is 0.0914. The van der Waals surface area contributed by atoms with Gasteiger partial charge < -0.3 is 10.3 Å². The van der Waals surface area contributed by atoms with Crippen LogP contribution in [0.15, 0.2) is 53.3 Å². The molecule has 160 valence electrons. The summed E-state index contributed by atoms with van der Waals surface area (Å²) >= 11 is 0. The summed E-state index contributed by atoms with van der Waals surface area (Å²) in [5, 5.41) is 8.60. The van der Waals surface area contributed by atoms with Crippen LogP contribution >= 0.6 is 0 Å². The van der Waals surface area contributed by atoms with Crippen LogP contribution in [-0.2, 0) is 0 Å². The van der Waals surface area contributed by atoms with Crippen LogP contribution in [0.3, 0.4) is 0 Å². The van der Waals surface area contributed by atoms with E-state index in [9.17, 15) is 9.59 Å².